The molecule has 0 N–H and O–H groups in total. The van der Waals surface area contributed by atoms with Gasteiger partial charge in [-0.05, 0) is 17.9 Å². The molecule has 0 radical (unpaired) electrons. The average molecular weight is 213 g/mol. The third kappa shape index (κ3) is 5.58. The number of carbonyl (C=O) groups is 2. The van der Waals surface area contributed by atoms with E-state index in [0.717, 1.165) is 11.8 Å². The Morgan fingerprint density at radius 1 is 1.55 bits per heavy atom. The minimum Gasteiger partial charge on any atom is -0.288 e. The topological polar surface area (TPSA) is 34.1 Å². The molecular weight excluding hydrogens is 204 g/mol. The number of hydrogen-bond donors (Lipinski definition) is 0. The van der Waals surface area contributed by atoms with Crippen molar-refractivity contribution in [3.05, 3.63) is 0 Å². The summed E-state index contributed by atoms with van der Waals surface area (Å²) in [4.78, 5) is 21.1. The van der Waals surface area contributed by atoms with Gasteiger partial charge in [0.2, 0.25) is 5.24 Å². The van der Waals surface area contributed by atoms with Crippen molar-refractivity contribution in [3.8, 4) is 0 Å². The van der Waals surface area contributed by atoms with Crippen molar-refractivity contribution in [1.82, 2.24) is 0 Å². The maximum absolute atomic E-state index is 10.6. The zero-order valence-corrected chi connectivity index (χ0v) is 8.68. The van der Waals surface area contributed by atoms with Crippen LogP contribution in [0.2, 0.25) is 0 Å². The van der Waals surface area contributed by atoms with E-state index >= 15 is 0 Å². The number of rotatable bonds is 4. The van der Waals surface area contributed by atoms with Crippen LogP contribution in [0.25, 0.3) is 0 Å². The first kappa shape index (κ1) is 11.3. The van der Waals surface area contributed by atoms with E-state index in [0.29, 0.717) is 5.75 Å². The summed E-state index contributed by atoms with van der Waals surface area (Å²) >= 11 is 7.74. The van der Waals surface area contributed by atoms with Crippen LogP contribution in [-0.2, 0) is 9.59 Å². The van der Waals surface area contributed by atoms with Crippen LogP contribution in [0.3, 0.4) is 0 Å². The first-order chi connectivity index (χ1) is 5.07. The summed E-state index contributed by atoms with van der Waals surface area (Å²) < 4.78 is 0. The molecule has 2 nitrogen and oxygen atoms in total. The summed E-state index contributed by atoms with van der Waals surface area (Å²) in [6.07, 6.45) is 1.80. The van der Waals surface area contributed by atoms with Crippen molar-refractivity contribution in [1.29, 1.82) is 0 Å². The summed E-state index contributed by atoms with van der Waals surface area (Å²) in [7, 11) is 0. The SMILES string of the molecule is CSC(CSC(C)=O)C(=O)Cl. The second-order valence-corrected chi connectivity index (χ2v) is 4.44. The van der Waals surface area contributed by atoms with Gasteiger partial charge in [0.15, 0.2) is 5.12 Å². The van der Waals surface area contributed by atoms with Gasteiger partial charge in [0.1, 0.15) is 0 Å². The van der Waals surface area contributed by atoms with Crippen molar-refractivity contribution in [2.24, 2.45) is 0 Å². The molecule has 1 unspecified atom stereocenters. The van der Waals surface area contributed by atoms with Crippen LogP contribution in [0.1, 0.15) is 6.92 Å². The molecule has 0 spiro atoms. The van der Waals surface area contributed by atoms with Gasteiger partial charge in [-0.2, -0.15) is 11.8 Å². The van der Waals surface area contributed by atoms with Crippen molar-refractivity contribution in [2.45, 2.75) is 12.2 Å². The Hall–Kier alpha value is 0.330. The van der Waals surface area contributed by atoms with Gasteiger partial charge in [-0.25, -0.2) is 0 Å². The summed E-state index contributed by atoms with van der Waals surface area (Å²) in [6, 6.07) is 0. The van der Waals surface area contributed by atoms with Crippen LogP contribution in [0.15, 0.2) is 0 Å². The van der Waals surface area contributed by atoms with E-state index in [-0.39, 0.29) is 15.6 Å². The molecule has 0 aromatic carbocycles. The van der Waals surface area contributed by atoms with Gasteiger partial charge >= 0.3 is 0 Å². The fourth-order valence-electron chi connectivity index (χ4n) is 0.419. The summed E-state index contributed by atoms with van der Waals surface area (Å²) in [5.74, 6) is 0.471. The summed E-state index contributed by atoms with van der Waals surface area (Å²) in [5.41, 5.74) is 0. The average Bonchev–Trinajstić information content (AvgIpc) is 1.87. The third-order valence-electron chi connectivity index (χ3n) is 0.976. The molecule has 0 fully saturated rings. The largest absolute Gasteiger partial charge is 0.288 e. The van der Waals surface area contributed by atoms with Crippen molar-refractivity contribution in [3.63, 3.8) is 0 Å². The molecule has 0 aliphatic rings. The highest BCUT2D eigenvalue weighted by Crippen LogP contribution is 2.16. The van der Waals surface area contributed by atoms with E-state index < -0.39 is 0 Å². The normalized spacial score (nSPS) is 12.6. The van der Waals surface area contributed by atoms with Gasteiger partial charge in [-0.15, -0.1) is 0 Å². The second kappa shape index (κ2) is 5.91. The molecule has 0 aliphatic carbocycles. The third-order valence-corrected chi connectivity index (χ3v) is 3.44. The standard InChI is InChI=1S/C6H9ClO2S2/c1-4(8)11-3-5(10-2)6(7)9/h5H,3H2,1-2H3. The van der Waals surface area contributed by atoms with Crippen LogP contribution in [-0.4, -0.2) is 27.6 Å². The van der Waals surface area contributed by atoms with Crippen molar-refractivity contribution in [2.75, 3.05) is 12.0 Å². The number of halogens is 1. The second-order valence-electron chi connectivity index (χ2n) is 1.83. The molecule has 0 saturated carbocycles. The zero-order valence-electron chi connectivity index (χ0n) is 6.30. The van der Waals surface area contributed by atoms with E-state index in [2.05, 4.69) is 0 Å². The lowest BCUT2D eigenvalue weighted by Crippen LogP contribution is -2.14. The van der Waals surface area contributed by atoms with Crippen LogP contribution in [0, 0.1) is 0 Å². The highest BCUT2D eigenvalue weighted by atomic mass is 35.5. The van der Waals surface area contributed by atoms with Gasteiger partial charge < -0.3 is 0 Å². The molecule has 0 heterocycles. The summed E-state index contributed by atoms with van der Waals surface area (Å²) in [6.45, 7) is 1.47. The molecule has 64 valence electrons. The maximum Gasteiger partial charge on any atom is 0.235 e. The van der Waals surface area contributed by atoms with Gasteiger partial charge in [0, 0.05) is 12.7 Å². The van der Waals surface area contributed by atoms with Crippen LogP contribution in [0.4, 0.5) is 0 Å². The fourth-order valence-corrected chi connectivity index (χ4v) is 2.33. The van der Waals surface area contributed by atoms with Gasteiger partial charge in [-0.3, -0.25) is 9.59 Å². The fraction of sp³-hybridized carbons (Fsp3) is 0.667. The van der Waals surface area contributed by atoms with E-state index in [1.54, 1.807) is 6.26 Å². The van der Waals surface area contributed by atoms with E-state index in [4.69, 9.17) is 11.6 Å². The van der Waals surface area contributed by atoms with Crippen LogP contribution < -0.4 is 0 Å². The molecule has 0 aliphatic heterocycles. The van der Waals surface area contributed by atoms with E-state index in [1.807, 2.05) is 0 Å². The minimum atomic E-state index is -0.383. The number of hydrogen-bond acceptors (Lipinski definition) is 4. The van der Waals surface area contributed by atoms with Gasteiger partial charge in [-0.1, -0.05) is 11.8 Å². The predicted octanol–water partition coefficient (Wildman–Crippen LogP) is 1.76. The lowest BCUT2D eigenvalue weighted by atomic mass is 10.5. The Bertz CT molecular complexity index is 161. The molecule has 0 bridgehead atoms. The molecule has 11 heavy (non-hydrogen) atoms. The maximum atomic E-state index is 10.6. The molecule has 0 rings (SSSR count). The minimum absolute atomic E-state index is 0.0157. The Morgan fingerprint density at radius 3 is 2.36 bits per heavy atom. The molecule has 0 saturated heterocycles. The Morgan fingerprint density at radius 2 is 2.09 bits per heavy atom. The smallest absolute Gasteiger partial charge is 0.235 e. The summed E-state index contributed by atoms with van der Waals surface area (Å²) in [5, 5.41) is -0.626. The Balaban J connectivity index is 3.70. The first-order valence-corrected chi connectivity index (χ1v) is 5.58. The lowest BCUT2D eigenvalue weighted by molar-refractivity contribution is -0.110. The quantitative estimate of drug-likeness (QED) is 0.666. The molecule has 0 amide bonds. The lowest BCUT2D eigenvalue weighted by Gasteiger charge is -2.05. The molecule has 1 atom stereocenters. The highest BCUT2D eigenvalue weighted by molar-refractivity contribution is 8.14. The van der Waals surface area contributed by atoms with Gasteiger partial charge in [0.25, 0.3) is 0 Å². The molecule has 0 aromatic heterocycles. The number of carbonyl (C=O) groups excluding carboxylic acids is 2. The molecule has 5 heteroatoms. The monoisotopic (exact) mass is 212 g/mol. The van der Waals surface area contributed by atoms with Gasteiger partial charge in [0.05, 0.1) is 5.25 Å². The highest BCUT2D eigenvalue weighted by Gasteiger charge is 2.15. The predicted molar refractivity (Wildman–Crippen MR) is 51.3 cm³/mol. The van der Waals surface area contributed by atoms with Crippen LogP contribution in [0.5, 0.6) is 0 Å². The zero-order chi connectivity index (χ0) is 8.85. The van der Waals surface area contributed by atoms with E-state index in [9.17, 15) is 9.59 Å². The first-order valence-electron chi connectivity index (χ1n) is 2.93. The molecular formula is C6H9ClO2S2. The Labute approximate surface area is 79.4 Å². The Kier molecular flexibility index (Phi) is 6.09. The van der Waals surface area contributed by atoms with Crippen molar-refractivity contribution >= 4 is 45.5 Å². The number of thioether (sulfide) groups is 2. The van der Waals surface area contributed by atoms with E-state index in [1.165, 1.54) is 18.7 Å². The van der Waals surface area contributed by atoms with Crippen molar-refractivity contribution < 1.29 is 9.59 Å². The molecule has 0 aromatic rings. The van der Waals surface area contributed by atoms with Crippen LogP contribution >= 0.6 is 35.1 Å².